The average molecular weight is 838 g/mol. The second kappa shape index (κ2) is 14.9. The Morgan fingerprint density at radius 3 is 1.44 bits per heavy atom. The molecule has 304 valence electrons. The molecule has 0 amide bonds. The predicted molar refractivity (Wildman–Crippen MR) is 266 cm³/mol. The van der Waals surface area contributed by atoms with Gasteiger partial charge < -0.3 is 4.42 Å². The molecular formula is C56H51N3OSi2. The Morgan fingerprint density at radius 2 is 0.855 bits per heavy atom. The van der Waals surface area contributed by atoms with E-state index in [2.05, 4.69) is 162 Å². The molecule has 4 nitrogen and oxygen atoms in total. The van der Waals surface area contributed by atoms with E-state index in [1.165, 1.54) is 38.9 Å². The van der Waals surface area contributed by atoms with Gasteiger partial charge in [-0.25, -0.2) is 15.0 Å². The molecule has 0 radical (unpaired) electrons. The third-order valence-electron chi connectivity index (χ3n) is 12.6. The molecule has 62 heavy (non-hydrogen) atoms. The van der Waals surface area contributed by atoms with Crippen LogP contribution in [0.15, 0.2) is 168 Å². The molecule has 0 unspecified atom stereocenters. The fourth-order valence-electron chi connectivity index (χ4n) is 8.88. The van der Waals surface area contributed by atoms with Crippen LogP contribution >= 0.6 is 0 Å². The molecule has 6 heteroatoms. The Balaban J connectivity index is 1.01. The van der Waals surface area contributed by atoms with Crippen LogP contribution in [0.25, 0.3) is 89.8 Å². The topological polar surface area (TPSA) is 51.8 Å². The Morgan fingerprint density at radius 1 is 0.387 bits per heavy atom. The molecule has 0 spiro atoms. The van der Waals surface area contributed by atoms with Gasteiger partial charge in [-0.1, -0.05) is 191 Å². The SMILES string of the molecule is CC1(C)c2cc(-c3cccc(-c4nc(-c5ccccc5)nc(-c5cccc(-c6cc7ccccc7o6)c5)n4)c3)ccc2-c2ccc(-c3cc([Si](C)(C)C)cc([Si](C)(C)C)c3)cc21. The van der Waals surface area contributed by atoms with Gasteiger partial charge in [-0.15, -0.1) is 0 Å². The van der Waals surface area contributed by atoms with Crippen LogP contribution in [0.5, 0.6) is 0 Å². The Bertz CT molecular complexity index is 3120. The van der Waals surface area contributed by atoms with Gasteiger partial charge in [0, 0.05) is 33.1 Å². The van der Waals surface area contributed by atoms with Gasteiger partial charge in [-0.05, 0) is 80.9 Å². The number of rotatable bonds is 8. The van der Waals surface area contributed by atoms with Crippen molar-refractivity contribution in [1.29, 1.82) is 0 Å². The van der Waals surface area contributed by atoms with Crippen LogP contribution in [-0.2, 0) is 5.41 Å². The Labute approximate surface area is 367 Å². The lowest BCUT2D eigenvalue weighted by Gasteiger charge is -2.25. The largest absolute Gasteiger partial charge is 0.456 e. The first-order chi connectivity index (χ1) is 29.7. The number of furan rings is 1. The molecule has 2 heterocycles. The van der Waals surface area contributed by atoms with Crippen LogP contribution in [0.1, 0.15) is 25.0 Å². The van der Waals surface area contributed by atoms with E-state index >= 15 is 0 Å². The maximum absolute atomic E-state index is 6.25. The van der Waals surface area contributed by atoms with Crippen molar-refractivity contribution in [2.24, 2.45) is 0 Å². The predicted octanol–water partition coefficient (Wildman–Crippen LogP) is 14.0. The van der Waals surface area contributed by atoms with E-state index in [4.69, 9.17) is 19.4 Å². The Kier molecular flexibility index (Phi) is 9.50. The highest BCUT2D eigenvalue weighted by Gasteiger charge is 2.36. The summed E-state index contributed by atoms with van der Waals surface area (Å²) in [5.41, 5.74) is 14.8. The molecule has 1 aliphatic carbocycles. The summed E-state index contributed by atoms with van der Waals surface area (Å²) in [6.07, 6.45) is 0. The molecule has 0 N–H and O–H groups in total. The normalized spacial score (nSPS) is 13.3. The zero-order chi connectivity index (χ0) is 43.0. The maximum Gasteiger partial charge on any atom is 0.164 e. The molecule has 0 atom stereocenters. The van der Waals surface area contributed by atoms with Crippen LogP contribution in [0.4, 0.5) is 0 Å². The fourth-order valence-corrected chi connectivity index (χ4v) is 11.4. The first kappa shape index (κ1) is 39.6. The molecule has 10 rings (SSSR count). The molecule has 0 saturated carbocycles. The van der Waals surface area contributed by atoms with E-state index in [9.17, 15) is 0 Å². The van der Waals surface area contributed by atoms with E-state index in [1.54, 1.807) is 10.4 Å². The zero-order valence-corrected chi connectivity index (χ0v) is 38.8. The van der Waals surface area contributed by atoms with E-state index < -0.39 is 16.1 Å². The second-order valence-corrected chi connectivity index (χ2v) is 29.6. The molecule has 0 fully saturated rings. The van der Waals surface area contributed by atoms with Crippen LogP contribution in [0, 0.1) is 0 Å². The summed E-state index contributed by atoms with van der Waals surface area (Å²) in [7, 11) is -3.04. The molecular weight excluding hydrogens is 787 g/mol. The highest BCUT2D eigenvalue weighted by molar-refractivity contribution is 6.91. The third-order valence-corrected chi connectivity index (χ3v) is 16.7. The maximum atomic E-state index is 6.25. The molecule has 0 bridgehead atoms. The lowest BCUT2D eigenvalue weighted by molar-refractivity contribution is 0.631. The minimum absolute atomic E-state index is 0.170. The number of nitrogens with zero attached hydrogens (tertiary/aromatic N) is 3. The van der Waals surface area contributed by atoms with Gasteiger partial charge in [-0.3, -0.25) is 0 Å². The van der Waals surface area contributed by atoms with Crippen molar-refractivity contribution in [3.05, 3.63) is 175 Å². The zero-order valence-electron chi connectivity index (χ0n) is 36.8. The summed E-state index contributed by atoms with van der Waals surface area (Å²) in [5.74, 6) is 2.67. The molecule has 7 aromatic carbocycles. The number of fused-ring (bicyclic) bond motifs is 4. The molecule has 0 saturated heterocycles. The molecule has 1 aliphatic rings. The van der Waals surface area contributed by atoms with Crippen molar-refractivity contribution < 1.29 is 4.42 Å². The van der Waals surface area contributed by atoms with Gasteiger partial charge in [-0.2, -0.15) is 0 Å². The summed E-state index contributed by atoms with van der Waals surface area (Å²) in [6, 6.07) is 58.9. The van der Waals surface area contributed by atoms with Crippen molar-refractivity contribution in [2.75, 3.05) is 0 Å². The van der Waals surface area contributed by atoms with Gasteiger partial charge in [0.05, 0.1) is 16.1 Å². The van der Waals surface area contributed by atoms with Crippen molar-refractivity contribution >= 4 is 37.5 Å². The number of hydrogen-bond donors (Lipinski definition) is 0. The minimum Gasteiger partial charge on any atom is -0.456 e. The van der Waals surface area contributed by atoms with E-state index in [1.807, 2.05) is 54.6 Å². The number of para-hydroxylation sites is 1. The summed E-state index contributed by atoms with van der Waals surface area (Å²) >= 11 is 0. The Hall–Kier alpha value is -6.48. The highest BCUT2D eigenvalue weighted by Crippen LogP contribution is 2.51. The van der Waals surface area contributed by atoms with Gasteiger partial charge >= 0.3 is 0 Å². The lowest BCUT2D eigenvalue weighted by Crippen LogP contribution is -2.45. The monoisotopic (exact) mass is 837 g/mol. The van der Waals surface area contributed by atoms with E-state index in [0.29, 0.717) is 17.5 Å². The molecule has 9 aromatic rings. The van der Waals surface area contributed by atoms with E-state index in [-0.39, 0.29) is 5.41 Å². The van der Waals surface area contributed by atoms with Crippen molar-refractivity contribution in [2.45, 2.75) is 58.5 Å². The minimum atomic E-state index is -1.52. The number of benzene rings is 7. The third kappa shape index (κ3) is 7.27. The van der Waals surface area contributed by atoms with Gasteiger partial charge in [0.25, 0.3) is 0 Å². The fraction of sp³-hybridized carbons (Fsp3) is 0.161. The van der Waals surface area contributed by atoms with Crippen LogP contribution in [-0.4, -0.2) is 31.1 Å². The lowest BCUT2D eigenvalue weighted by atomic mass is 9.81. The van der Waals surface area contributed by atoms with Gasteiger partial charge in [0.1, 0.15) is 11.3 Å². The summed E-state index contributed by atoms with van der Waals surface area (Å²) in [5, 5.41) is 4.15. The van der Waals surface area contributed by atoms with E-state index in [0.717, 1.165) is 44.5 Å². The van der Waals surface area contributed by atoms with Gasteiger partial charge in [0.2, 0.25) is 0 Å². The van der Waals surface area contributed by atoms with Crippen LogP contribution in [0.2, 0.25) is 39.3 Å². The molecule has 2 aromatic heterocycles. The average Bonchev–Trinajstić information content (AvgIpc) is 3.82. The van der Waals surface area contributed by atoms with Crippen molar-refractivity contribution in [3.8, 4) is 78.9 Å². The number of hydrogen-bond acceptors (Lipinski definition) is 4. The standard InChI is InChI=1S/C56H51N3OSi2/c1-56(2)49-32-38(24-26-47(49)48-27-25-39(33-50(48)56)44-30-45(61(3,4)5)35-46(31-44)62(6,7)8)37-19-14-21-42(28-37)54-57-53(36-16-10-9-11-17-36)58-55(59-54)43-22-15-20-40(29-43)52-34-41-18-12-13-23-51(41)60-52/h9-35H,1-8H3. The van der Waals surface area contributed by atoms with Crippen LogP contribution < -0.4 is 10.4 Å². The second-order valence-electron chi connectivity index (χ2n) is 19.4. The quantitative estimate of drug-likeness (QED) is 0.143. The highest BCUT2D eigenvalue weighted by atomic mass is 28.3. The molecule has 0 aliphatic heterocycles. The number of aromatic nitrogens is 3. The first-order valence-electron chi connectivity index (χ1n) is 21.7. The summed E-state index contributed by atoms with van der Waals surface area (Å²) in [6.45, 7) is 19.5. The first-order valence-corrected chi connectivity index (χ1v) is 28.7. The van der Waals surface area contributed by atoms with Gasteiger partial charge in [0.15, 0.2) is 17.5 Å². The van der Waals surface area contributed by atoms with Crippen molar-refractivity contribution in [3.63, 3.8) is 0 Å². The summed E-state index contributed by atoms with van der Waals surface area (Å²) < 4.78 is 6.25. The van der Waals surface area contributed by atoms with Crippen molar-refractivity contribution in [1.82, 2.24) is 15.0 Å². The smallest absolute Gasteiger partial charge is 0.164 e. The summed E-state index contributed by atoms with van der Waals surface area (Å²) in [4.78, 5) is 15.3. The van der Waals surface area contributed by atoms with Crippen LogP contribution in [0.3, 0.4) is 0 Å².